The molecule has 0 fully saturated rings. The van der Waals surface area contributed by atoms with Gasteiger partial charge in [-0.05, 0) is 27.7 Å². The summed E-state index contributed by atoms with van der Waals surface area (Å²) >= 11 is 0. The van der Waals surface area contributed by atoms with Crippen molar-refractivity contribution < 1.29 is 19.1 Å². The van der Waals surface area contributed by atoms with Crippen LogP contribution in [0.25, 0.3) is 0 Å². The van der Waals surface area contributed by atoms with Crippen molar-refractivity contribution in [1.82, 2.24) is 5.32 Å². The van der Waals surface area contributed by atoms with Crippen LogP contribution in [0.15, 0.2) is 11.8 Å². The molecular formula is C12H21NO4. The Bertz CT molecular complexity index is 284. The minimum absolute atomic E-state index is 0.0465. The van der Waals surface area contributed by atoms with Gasteiger partial charge in [0.2, 0.25) is 0 Å². The van der Waals surface area contributed by atoms with Gasteiger partial charge in [-0.15, -0.1) is 0 Å². The lowest BCUT2D eigenvalue weighted by molar-refractivity contribution is -0.142. The first-order chi connectivity index (χ1) is 7.99. The summed E-state index contributed by atoms with van der Waals surface area (Å²) in [6.45, 7) is 7.94. The van der Waals surface area contributed by atoms with Crippen LogP contribution in [0.5, 0.6) is 0 Å². The maximum atomic E-state index is 11.3. The highest BCUT2D eigenvalue weighted by atomic mass is 16.5. The number of rotatable bonds is 7. The summed E-state index contributed by atoms with van der Waals surface area (Å²) in [6, 6.07) is 0.130. The topological polar surface area (TPSA) is 64.6 Å². The molecule has 0 aliphatic rings. The molecule has 0 saturated carbocycles. The van der Waals surface area contributed by atoms with Crippen LogP contribution in [0.1, 0.15) is 34.1 Å². The molecule has 0 bridgehead atoms. The maximum absolute atomic E-state index is 11.3. The molecule has 0 radical (unpaired) electrons. The van der Waals surface area contributed by atoms with E-state index in [9.17, 15) is 9.59 Å². The molecule has 0 saturated heterocycles. The second-order valence-corrected chi connectivity index (χ2v) is 3.70. The van der Waals surface area contributed by atoms with Gasteiger partial charge in [0.25, 0.3) is 0 Å². The van der Waals surface area contributed by atoms with E-state index in [1.54, 1.807) is 13.8 Å². The van der Waals surface area contributed by atoms with E-state index in [1.165, 1.54) is 6.08 Å². The maximum Gasteiger partial charge on any atom is 0.332 e. The molecule has 0 spiro atoms. The third kappa shape index (κ3) is 8.30. The highest BCUT2D eigenvalue weighted by Gasteiger charge is 2.10. The van der Waals surface area contributed by atoms with Gasteiger partial charge in [-0.25, -0.2) is 4.79 Å². The minimum Gasteiger partial charge on any atom is -0.466 e. The van der Waals surface area contributed by atoms with E-state index in [1.807, 2.05) is 13.8 Å². The fourth-order valence-electron chi connectivity index (χ4n) is 1.21. The van der Waals surface area contributed by atoms with Gasteiger partial charge in [0.05, 0.1) is 19.6 Å². The molecule has 0 aromatic rings. The molecule has 98 valence electrons. The van der Waals surface area contributed by atoms with Crippen molar-refractivity contribution in [1.29, 1.82) is 0 Å². The summed E-state index contributed by atoms with van der Waals surface area (Å²) in [5.41, 5.74) is 0.511. The van der Waals surface area contributed by atoms with Crippen LogP contribution in [0, 0.1) is 0 Å². The van der Waals surface area contributed by atoms with Crippen LogP contribution < -0.4 is 5.32 Å². The van der Waals surface area contributed by atoms with E-state index in [-0.39, 0.29) is 18.4 Å². The molecule has 0 atom stereocenters. The molecule has 0 rings (SSSR count). The number of carbonyl (C=O) groups is 2. The normalized spacial score (nSPS) is 11.2. The molecule has 0 unspecified atom stereocenters. The second-order valence-electron chi connectivity index (χ2n) is 3.70. The molecule has 0 aliphatic heterocycles. The minimum atomic E-state index is -0.458. The Labute approximate surface area is 102 Å². The molecule has 0 heterocycles. The Balaban J connectivity index is 4.52. The number of carbonyl (C=O) groups excluding carboxylic acids is 2. The zero-order valence-electron chi connectivity index (χ0n) is 10.9. The Morgan fingerprint density at radius 2 is 1.76 bits per heavy atom. The number of nitrogens with one attached hydrogen (secondary N) is 1. The van der Waals surface area contributed by atoms with Crippen molar-refractivity contribution in [2.24, 2.45) is 0 Å². The average molecular weight is 243 g/mol. The fraction of sp³-hybridized carbons (Fsp3) is 0.667. The molecule has 0 aromatic heterocycles. The standard InChI is InChI=1S/C12H21NO4/c1-5-16-11(14)7-10(13-9(3)4)8-12(15)17-6-2/h7,9,13H,5-6,8H2,1-4H3. The van der Waals surface area contributed by atoms with Crippen molar-refractivity contribution in [3.8, 4) is 0 Å². The SMILES string of the molecule is CCOC(=O)C=C(CC(=O)OCC)NC(C)C. The Morgan fingerprint density at radius 3 is 2.24 bits per heavy atom. The van der Waals surface area contributed by atoms with Gasteiger partial charge in [-0.2, -0.15) is 0 Å². The van der Waals surface area contributed by atoms with E-state index < -0.39 is 5.97 Å². The molecule has 0 aromatic carbocycles. The van der Waals surface area contributed by atoms with Gasteiger partial charge in [0, 0.05) is 17.8 Å². The van der Waals surface area contributed by atoms with E-state index in [0.717, 1.165) is 0 Å². The monoisotopic (exact) mass is 243 g/mol. The number of esters is 2. The van der Waals surface area contributed by atoms with Crippen molar-refractivity contribution in [3.05, 3.63) is 11.8 Å². The average Bonchev–Trinajstić information content (AvgIpc) is 2.16. The highest BCUT2D eigenvalue weighted by molar-refractivity contribution is 5.84. The van der Waals surface area contributed by atoms with E-state index in [0.29, 0.717) is 18.9 Å². The Hall–Kier alpha value is -1.52. The molecule has 5 heteroatoms. The molecule has 5 nitrogen and oxygen atoms in total. The van der Waals surface area contributed by atoms with Crippen LogP contribution in [0.2, 0.25) is 0 Å². The van der Waals surface area contributed by atoms with Crippen molar-refractivity contribution in [2.75, 3.05) is 13.2 Å². The fourth-order valence-corrected chi connectivity index (χ4v) is 1.21. The molecule has 17 heavy (non-hydrogen) atoms. The summed E-state index contributed by atoms with van der Waals surface area (Å²) in [5, 5.41) is 3.02. The largest absolute Gasteiger partial charge is 0.466 e. The van der Waals surface area contributed by atoms with Crippen LogP contribution in [0.3, 0.4) is 0 Å². The molecule has 0 amide bonds. The lowest BCUT2D eigenvalue weighted by Crippen LogP contribution is -2.25. The lowest BCUT2D eigenvalue weighted by Gasteiger charge is -2.13. The third-order valence-electron chi connectivity index (χ3n) is 1.69. The van der Waals surface area contributed by atoms with Gasteiger partial charge in [0.1, 0.15) is 0 Å². The first-order valence-electron chi connectivity index (χ1n) is 5.79. The third-order valence-corrected chi connectivity index (χ3v) is 1.69. The zero-order valence-corrected chi connectivity index (χ0v) is 10.9. The van der Waals surface area contributed by atoms with Gasteiger partial charge in [0.15, 0.2) is 0 Å². The number of hydrogen-bond acceptors (Lipinski definition) is 5. The molecular weight excluding hydrogens is 222 g/mol. The van der Waals surface area contributed by atoms with Crippen molar-refractivity contribution in [3.63, 3.8) is 0 Å². The van der Waals surface area contributed by atoms with Crippen LogP contribution in [-0.2, 0) is 19.1 Å². The van der Waals surface area contributed by atoms with Crippen LogP contribution in [0.4, 0.5) is 0 Å². The van der Waals surface area contributed by atoms with Gasteiger partial charge in [-0.1, -0.05) is 0 Å². The first kappa shape index (κ1) is 15.5. The zero-order chi connectivity index (χ0) is 13.3. The predicted molar refractivity (Wildman–Crippen MR) is 64.2 cm³/mol. The van der Waals surface area contributed by atoms with Gasteiger partial charge < -0.3 is 14.8 Å². The quantitative estimate of drug-likeness (QED) is 0.540. The van der Waals surface area contributed by atoms with Crippen molar-refractivity contribution >= 4 is 11.9 Å². The highest BCUT2D eigenvalue weighted by Crippen LogP contribution is 2.02. The molecule has 0 aliphatic carbocycles. The summed E-state index contributed by atoms with van der Waals surface area (Å²) in [6.07, 6.45) is 1.34. The van der Waals surface area contributed by atoms with Crippen LogP contribution in [-0.4, -0.2) is 31.2 Å². The van der Waals surface area contributed by atoms with E-state index in [4.69, 9.17) is 9.47 Å². The number of ether oxygens (including phenoxy) is 2. The van der Waals surface area contributed by atoms with Gasteiger partial charge >= 0.3 is 11.9 Å². The number of hydrogen-bond donors (Lipinski definition) is 1. The Kier molecular flexibility index (Phi) is 7.84. The van der Waals surface area contributed by atoms with Gasteiger partial charge in [-0.3, -0.25) is 4.79 Å². The first-order valence-corrected chi connectivity index (χ1v) is 5.79. The summed E-state index contributed by atoms with van der Waals surface area (Å²) < 4.78 is 9.61. The smallest absolute Gasteiger partial charge is 0.332 e. The van der Waals surface area contributed by atoms with Crippen molar-refractivity contribution in [2.45, 2.75) is 40.2 Å². The van der Waals surface area contributed by atoms with E-state index in [2.05, 4.69) is 5.32 Å². The molecule has 1 N–H and O–H groups in total. The second kappa shape index (κ2) is 8.61. The predicted octanol–water partition coefficient (Wildman–Crippen LogP) is 1.38. The van der Waals surface area contributed by atoms with Crippen LogP contribution >= 0.6 is 0 Å². The summed E-state index contributed by atoms with van der Waals surface area (Å²) in [5.74, 6) is -0.823. The Morgan fingerprint density at radius 1 is 1.18 bits per heavy atom. The lowest BCUT2D eigenvalue weighted by atomic mass is 10.2. The summed E-state index contributed by atoms with van der Waals surface area (Å²) in [7, 11) is 0. The van der Waals surface area contributed by atoms with E-state index >= 15 is 0 Å². The summed E-state index contributed by atoms with van der Waals surface area (Å²) in [4.78, 5) is 22.6.